The molecule has 1 aromatic carbocycles. The van der Waals surface area contributed by atoms with Crippen molar-refractivity contribution in [1.29, 1.82) is 0 Å². The largest absolute Gasteiger partial charge is 0.343 e. The lowest BCUT2D eigenvalue weighted by atomic mass is 10.0. The molecule has 0 radical (unpaired) electrons. The molecule has 0 spiro atoms. The highest BCUT2D eigenvalue weighted by atomic mass is 32.1. The van der Waals surface area contributed by atoms with Gasteiger partial charge in [0.1, 0.15) is 0 Å². The number of aryl methyl sites for hydroxylation is 2. The maximum absolute atomic E-state index is 13.3. The van der Waals surface area contributed by atoms with E-state index in [1.54, 1.807) is 11.3 Å². The minimum Gasteiger partial charge on any atom is -0.343 e. The van der Waals surface area contributed by atoms with Crippen molar-refractivity contribution in [2.45, 2.75) is 33.2 Å². The molecule has 1 aliphatic heterocycles. The van der Waals surface area contributed by atoms with E-state index < -0.39 is 0 Å². The van der Waals surface area contributed by atoms with Crippen molar-refractivity contribution < 1.29 is 4.79 Å². The number of aromatic nitrogens is 1. The van der Waals surface area contributed by atoms with E-state index in [4.69, 9.17) is 0 Å². The molecule has 128 valence electrons. The molecule has 0 fully saturated rings. The average Bonchev–Trinajstić information content (AvgIpc) is 3.24. The predicted octanol–water partition coefficient (Wildman–Crippen LogP) is 4.81. The maximum atomic E-state index is 13.3. The molecular formula is C21H22N2OS. The first kappa shape index (κ1) is 16.2. The molecular weight excluding hydrogens is 328 g/mol. The summed E-state index contributed by atoms with van der Waals surface area (Å²) in [4.78, 5) is 16.5. The van der Waals surface area contributed by atoms with Crippen molar-refractivity contribution in [3.8, 4) is 0 Å². The van der Waals surface area contributed by atoms with Crippen LogP contribution in [0.3, 0.4) is 0 Å². The smallest absolute Gasteiger partial charge is 0.260 e. The Kier molecular flexibility index (Phi) is 4.22. The van der Waals surface area contributed by atoms with Gasteiger partial charge in [-0.2, -0.15) is 0 Å². The van der Waals surface area contributed by atoms with Crippen LogP contribution < -0.4 is 4.90 Å². The Balaban J connectivity index is 1.68. The molecule has 1 aliphatic rings. The molecule has 0 atom stereocenters. The fraction of sp³-hybridized carbons (Fsp3) is 0.286. The average molecular weight is 350 g/mol. The number of para-hydroxylation sites is 1. The zero-order valence-electron chi connectivity index (χ0n) is 14.7. The first-order valence-corrected chi connectivity index (χ1v) is 9.62. The Morgan fingerprint density at radius 2 is 2.00 bits per heavy atom. The Hall–Kier alpha value is -2.33. The summed E-state index contributed by atoms with van der Waals surface area (Å²) in [7, 11) is 0. The number of hydrogen-bond acceptors (Lipinski definition) is 2. The van der Waals surface area contributed by atoms with Gasteiger partial charge >= 0.3 is 0 Å². The second-order valence-corrected chi connectivity index (χ2v) is 7.67. The summed E-state index contributed by atoms with van der Waals surface area (Å²) in [5.41, 5.74) is 5.36. The third-order valence-corrected chi connectivity index (χ3v) is 5.91. The first-order chi connectivity index (χ1) is 12.1. The zero-order valence-corrected chi connectivity index (χ0v) is 15.5. The van der Waals surface area contributed by atoms with Gasteiger partial charge in [-0.3, -0.25) is 4.79 Å². The molecule has 2 aromatic heterocycles. The Bertz CT molecular complexity index is 908. The van der Waals surface area contributed by atoms with Crippen LogP contribution in [-0.2, 0) is 13.0 Å². The second-order valence-electron chi connectivity index (χ2n) is 6.64. The second kappa shape index (κ2) is 6.52. The van der Waals surface area contributed by atoms with Crippen molar-refractivity contribution in [2.24, 2.45) is 0 Å². The van der Waals surface area contributed by atoms with Crippen LogP contribution in [0.5, 0.6) is 0 Å². The van der Waals surface area contributed by atoms with E-state index >= 15 is 0 Å². The van der Waals surface area contributed by atoms with E-state index in [0.29, 0.717) is 0 Å². The molecule has 3 aromatic rings. The van der Waals surface area contributed by atoms with E-state index in [-0.39, 0.29) is 5.91 Å². The molecule has 25 heavy (non-hydrogen) atoms. The van der Waals surface area contributed by atoms with Gasteiger partial charge in [0.2, 0.25) is 0 Å². The van der Waals surface area contributed by atoms with Gasteiger partial charge in [-0.1, -0.05) is 24.3 Å². The molecule has 3 heterocycles. The standard InChI is InChI=1S/C21H22N2OS/c1-15-13-19(16(2)23(15)14-18-9-6-12-25-18)21(24)22-11-5-8-17-7-3-4-10-20(17)22/h3-4,6-7,9-10,12-13H,5,8,11,14H2,1-2H3. The number of hydrogen-bond donors (Lipinski definition) is 0. The van der Waals surface area contributed by atoms with E-state index in [1.807, 2.05) is 17.0 Å². The van der Waals surface area contributed by atoms with Crippen molar-refractivity contribution >= 4 is 22.9 Å². The van der Waals surface area contributed by atoms with Gasteiger partial charge in [-0.05, 0) is 55.8 Å². The van der Waals surface area contributed by atoms with E-state index in [9.17, 15) is 4.79 Å². The quantitative estimate of drug-likeness (QED) is 0.665. The Morgan fingerprint density at radius 1 is 1.16 bits per heavy atom. The molecule has 0 unspecified atom stereocenters. The molecule has 4 heteroatoms. The van der Waals surface area contributed by atoms with Crippen molar-refractivity contribution in [3.05, 3.63) is 75.2 Å². The molecule has 0 bridgehead atoms. The number of benzene rings is 1. The Labute approximate surface area is 152 Å². The summed E-state index contributed by atoms with van der Waals surface area (Å²) < 4.78 is 2.24. The van der Waals surface area contributed by atoms with E-state index in [1.165, 1.54) is 10.4 Å². The van der Waals surface area contributed by atoms with Gasteiger partial charge < -0.3 is 9.47 Å². The highest BCUT2D eigenvalue weighted by Crippen LogP contribution is 2.29. The third kappa shape index (κ3) is 2.91. The monoisotopic (exact) mass is 350 g/mol. The Morgan fingerprint density at radius 3 is 2.80 bits per heavy atom. The number of nitrogens with zero attached hydrogens (tertiary/aromatic N) is 2. The lowest BCUT2D eigenvalue weighted by Gasteiger charge is -2.29. The van der Waals surface area contributed by atoms with Crippen LogP contribution in [0.4, 0.5) is 5.69 Å². The van der Waals surface area contributed by atoms with Crippen LogP contribution in [0.25, 0.3) is 0 Å². The normalized spacial score (nSPS) is 13.8. The van der Waals surface area contributed by atoms with Gasteiger partial charge in [0.05, 0.1) is 12.1 Å². The van der Waals surface area contributed by atoms with E-state index in [0.717, 1.165) is 48.6 Å². The summed E-state index contributed by atoms with van der Waals surface area (Å²) in [5.74, 6) is 0.123. The van der Waals surface area contributed by atoms with Gasteiger partial charge in [0.15, 0.2) is 0 Å². The number of rotatable bonds is 3. The minimum absolute atomic E-state index is 0.123. The van der Waals surface area contributed by atoms with Crippen molar-refractivity contribution in [1.82, 2.24) is 4.57 Å². The lowest BCUT2D eigenvalue weighted by Crippen LogP contribution is -2.35. The summed E-state index contributed by atoms with van der Waals surface area (Å²) in [6, 6.07) is 14.5. The van der Waals surface area contributed by atoms with Gasteiger partial charge in [-0.15, -0.1) is 11.3 Å². The van der Waals surface area contributed by atoms with Crippen molar-refractivity contribution in [2.75, 3.05) is 11.4 Å². The van der Waals surface area contributed by atoms with E-state index in [2.05, 4.69) is 54.1 Å². The molecule has 1 amide bonds. The van der Waals surface area contributed by atoms with Gasteiger partial charge in [0, 0.05) is 28.5 Å². The zero-order chi connectivity index (χ0) is 17.4. The molecule has 0 N–H and O–H groups in total. The SMILES string of the molecule is Cc1cc(C(=O)N2CCCc3ccccc32)c(C)n1Cc1cccs1. The molecule has 0 saturated heterocycles. The summed E-state index contributed by atoms with van der Waals surface area (Å²) in [5, 5.41) is 2.10. The lowest BCUT2D eigenvalue weighted by molar-refractivity contribution is 0.0984. The number of fused-ring (bicyclic) bond motifs is 1. The van der Waals surface area contributed by atoms with Gasteiger partial charge in [0.25, 0.3) is 5.91 Å². The van der Waals surface area contributed by atoms with Crippen LogP contribution >= 0.6 is 11.3 Å². The molecule has 0 aliphatic carbocycles. The summed E-state index contributed by atoms with van der Waals surface area (Å²) in [6.45, 7) is 5.77. The molecule has 0 saturated carbocycles. The highest BCUT2D eigenvalue weighted by molar-refractivity contribution is 7.09. The first-order valence-electron chi connectivity index (χ1n) is 8.74. The predicted molar refractivity (Wildman–Crippen MR) is 104 cm³/mol. The fourth-order valence-electron chi connectivity index (χ4n) is 3.71. The number of carbonyl (C=O) groups excluding carboxylic acids is 1. The minimum atomic E-state index is 0.123. The topological polar surface area (TPSA) is 25.2 Å². The number of amides is 1. The van der Waals surface area contributed by atoms with Crippen LogP contribution in [0.1, 0.15) is 38.6 Å². The van der Waals surface area contributed by atoms with Crippen LogP contribution in [0.2, 0.25) is 0 Å². The maximum Gasteiger partial charge on any atom is 0.260 e. The fourth-order valence-corrected chi connectivity index (χ4v) is 4.40. The third-order valence-electron chi connectivity index (χ3n) is 5.05. The highest BCUT2D eigenvalue weighted by Gasteiger charge is 2.26. The van der Waals surface area contributed by atoms with Crippen molar-refractivity contribution in [3.63, 3.8) is 0 Å². The number of anilines is 1. The number of carbonyl (C=O) groups is 1. The summed E-state index contributed by atoms with van der Waals surface area (Å²) >= 11 is 1.76. The van der Waals surface area contributed by atoms with Crippen LogP contribution in [0, 0.1) is 13.8 Å². The molecule has 4 rings (SSSR count). The number of thiophene rings is 1. The van der Waals surface area contributed by atoms with Crippen LogP contribution in [-0.4, -0.2) is 17.0 Å². The van der Waals surface area contributed by atoms with Gasteiger partial charge in [-0.25, -0.2) is 0 Å². The molecule has 3 nitrogen and oxygen atoms in total. The van der Waals surface area contributed by atoms with Crippen LogP contribution in [0.15, 0.2) is 47.8 Å². The summed E-state index contributed by atoms with van der Waals surface area (Å²) in [6.07, 6.45) is 2.08.